The van der Waals surface area contributed by atoms with Crippen LogP contribution in [0, 0.1) is 5.41 Å². The van der Waals surface area contributed by atoms with Crippen molar-refractivity contribution in [1.82, 2.24) is 0 Å². The fourth-order valence-electron chi connectivity index (χ4n) is 1.17. The van der Waals surface area contributed by atoms with Gasteiger partial charge in [-0.15, -0.1) is 0 Å². The Morgan fingerprint density at radius 2 is 2.09 bits per heavy atom. The fourth-order valence-corrected chi connectivity index (χ4v) is 2.41. The van der Waals surface area contributed by atoms with E-state index in [1.165, 1.54) is 12.0 Å². The van der Waals surface area contributed by atoms with Crippen LogP contribution in [0.4, 0.5) is 0 Å². The predicted octanol–water partition coefficient (Wildman–Crippen LogP) is 2.76. The summed E-state index contributed by atoms with van der Waals surface area (Å²) in [4.78, 5) is 0. The van der Waals surface area contributed by atoms with Crippen LogP contribution in [0.2, 0.25) is 0 Å². The van der Waals surface area contributed by atoms with E-state index in [0.717, 1.165) is 0 Å². The fraction of sp³-hybridized carbons (Fsp3) is 0.500. The molecule has 0 amide bonds. The topological polar surface area (TPSA) is 0 Å². The van der Waals surface area contributed by atoms with Gasteiger partial charge in [-0.1, -0.05) is 0 Å². The molecule has 0 unspecified atom stereocenters. The second-order valence-electron chi connectivity index (χ2n) is 3.96. The van der Waals surface area contributed by atoms with Crippen molar-refractivity contribution >= 4 is 4.21 Å². The van der Waals surface area contributed by atoms with Gasteiger partial charge in [-0.25, -0.2) is 0 Å². The van der Waals surface area contributed by atoms with Crippen molar-refractivity contribution in [2.45, 2.75) is 27.2 Å². The number of hydrogen-bond acceptors (Lipinski definition) is 0. The minimum atomic E-state index is -0.386. The predicted molar refractivity (Wildman–Crippen MR) is 47.4 cm³/mol. The van der Waals surface area contributed by atoms with E-state index >= 15 is 0 Å². The molecule has 0 spiro atoms. The Balaban J connectivity index is 2.79. The number of allylic oxidation sites excluding steroid dienone is 4. The molecule has 0 aromatic rings. The first-order chi connectivity index (χ1) is 5.04. The van der Waals surface area contributed by atoms with E-state index in [9.17, 15) is 0 Å². The van der Waals surface area contributed by atoms with Gasteiger partial charge in [-0.05, 0) is 0 Å². The summed E-state index contributed by atoms with van der Waals surface area (Å²) >= 11 is -0.386. The van der Waals surface area contributed by atoms with Gasteiger partial charge in [0.1, 0.15) is 0 Å². The molecule has 11 heavy (non-hydrogen) atoms. The van der Waals surface area contributed by atoms with Gasteiger partial charge in [-0.3, -0.25) is 0 Å². The molecule has 0 atom stereocenters. The zero-order valence-electron chi connectivity index (χ0n) is 7.57. The molecule has 1 heteroatoms. The first-order valence-corrected chi connectivity index (χ1v) is 6.95. The van der Waals surface area contributed by atoms with E-state index in [1.807, 2.05) is 0 Å². The van der Waals surface area contributed by atoms with E-state index in [4.69, 9.17) is 0 Å². The molecule has 0 bridgehead atoms. The molecule has 0 nitrogen and oxygen atoms in total. The molecule has 1 rings (SSSR count). The molecule has 0 aromatic carbocycles. The Morgan fingerprint density at radius 1 is 1.45 bits per heavy atom. The molecule has 0 N–H and O–H groups in total. The van der Waals surface area contributed by atoms with Crippen molar-refractivity contribution in [3.05, 3.63) is 21.0 Å². The first kappa shape index (κ1) is 9.32. The molecule has 0 saturated carbocycles. The van der Waals surface area contributed by atoms with E-state index in [-0.39, 0.29) is 22.8 Å². The molecule has 0 aliphatic heterocycles. The Bertz CT molecular complexity index is 226. The van der Waals surface area contributed by atoms with Crippen molar-refractivity contribution in [3.63, 3.8) is 0 Å². The zero-order valence-corrected chi connectivity index (χ0v) is 10.0. The molecule has 0 radical (unpaired) electrons. The van der Waals surface area contributed by atoms with Crippen LogP contribution in [0.3, 0.4) is 0 Å². The number of rotatable bonds is 1. The van der Waals surface area contributed by atoms with Crippen LogP contribution in [0.15, 0.2) is 21.0 Å². The number of hydrogen-bond donors (Lipinski definition) is 0. The van der Waals surface area contributed by atoms with Crippen LogP contribution < -0.4 is 0 Å². The van der Waals surface area contributed by atoms with E-state index in [0.29, 0.717) is 5.41 Å². The molecule has 0 aromatic heterocycles. The van der Waals surface area contributed by atoms with E-state index < -0.39 is 0 Å². The maximum atomic E-state index is 4.05. The molecule has 1 aliphatic rings. The van der Waals surface area contributed by atoms with Gasteiger partial charge < -0.3 is 0 Å². The van der Waals surface area contributed by atoms with E-state index in [1.54, 1.807) is 3.28 Å². The normalized spacial score (nSPS) is 17.4. The van der Waals surface area contributed by atoms with Gasteiger partial charge in [-0.2, -0.15) is 0 Å². The van der Waals surface area contributed by atoms with Gasteiger partial charge in [0.25, 0.3) is 0 Å². The molecule has 1 aliphatic carbocycles. The molecular formula is C10H15Zr. The summed E-state index contributed by atoms with van der Waals surface area (Å²) in [5.41, 5.74) is 1.85. The first-order valence-electron chi connectivity index (χ1n) is 3.98. The van der Waals surface area contributed by atoms with Gasteiger partial charge >= 0.3 is 80.6 Å². The van der Waals surface area contributed by atoms with Crippen LogP contribution in [-0.4, -0.2) is 4.21 Å². The maximum absolute atomic E-state index is 4.05. The summed E-state index contributed by atoms with van der Waals surface area (Å²) in [5, 5.41) is 0. The summed E-state index contributed by atoms with van der Waals surface area (Å²) in [6, 6.07) is 0. The average Bonchev–Trinajstić information content (AvgIpc) is 2.32. The molecule has 0 fully saturated rings. The molecule has 0 saturated heterocycles. The Hall–Kier alpha value is 0.233. The van der Waals surface area contributed by atoms with Crippen molar-refractivity contribution in [3.8, 4) is 0 Å². The van der Waals surface area contributed by atoms with E-state index in [2.05, 4.69) is 37.1 Å². The van der Waals surface area contributed by atoms with Crippen molar-refractivity contribution in [1.29, 1.82) is 0 Å². The van der Waals surface area contributed by atoms with Crippen LogP contribution in [-0.2, 0) is 22.8 Å². The third-order valence-corrected chi connectivity index (χ3v) is 3.94. The Labute approximate surface area is 80.4 Å². The summed E-state index contributed by atoms with van der Waals surface area (Å²) in [7, 11) is 0. The monoisotopic (exact) mass is 225 g/mol. The standard InChI is InChI=1S/C9H13.CH2.Zr/c1-9(2,3)8-6-4-5-7-8;;/h6-7H,4H2,1-3H3;1H2;. The van der Waals surface area contributed by atoms with Crippen LogP contribution >= 0.6 is 0 Å². The third-order valence-electron chi connectivity index (χ3n) is 1.96. The van der Waals surface area contributed by atoms with Crippen molar-refractivity contribution < 1.29 is 22.8 Å². The van der Waals surface area contributed by atoms with Crippen LogP contribution in [0.5, 0.6) is 0 Å². The second-order valence-corrected chi connectivity index (χ2v) is 6.41. The SMILES string of the molecule is [CH2]=[Zr][C]1=CC(C(C)(C)C)=CC1. The van der Waals surface area contributed by atoms with Crippen LogP contribution in [0.25, 0.3) is 0 Å². The Kier molecular flexibility index (Phi) is 2.81. The third kappa shape index (κ3) is 2.34. The summed E-state index contributed by atoms with van der Waals surface area (Å²) in [5.74, 6) is 0. The summed E-state index contributed by atoms with van der Waals surface area (Å²) in [6.07, 6.45) is 5.93. The van der Waals surface area contributed by atoms with Gasteiger partial charge in [0.2, 0.25) is 0 Å². The Morgan fingerprint density at radius 3 is 2.36 bits per heavy atom. The summed E-state index contributed by atoms with van der Waals surface area (Å²) in [6.45, 7) is 6.81. The summed E-state index contributed by atoms with van der Waals surface area (Å²) < 4.78 is 5.69. The quantitative estimate of drug-likeness (QED) is 0.645. The van der Waals surface area contributed by atoms with Crippen molar-refractivity contribution in [2.24, 2.45) is 5.41 Å². The molecule has 59 valence electrons. The van der Waals surface area contributed by atoms with Gasteiger partial charge in [0, 0.05) is 0 Å². The molecule has 0 heterocycles. The average molecular weight is 226 g/mol. The van der Waals surface area contributed by atoms with Crippen LogP contribution in [0.1, 0.15) is 27.2 Å². The van der Waals surface area contributed by atoms with Gasteiger partial charge in [0.15, 0.2) is 0 Å². The van der Waals surface area contributed by atoms with Crippen molar-refractivity contribution in [2.75, 3.05) is 0 Å². The zero-order chi connectivity index (χ0) is 8.48. The second kappa shape index (κ2) is 3.31. The van der Waals surface area contributed by atoms with Gasteiger partial charge in [0.05, 0.1) is 0 Å². The minimum absolute atomic E-state index is 0.344. The molecular weight excluding hydrogens is 211 g/mol.